The lowest BCUT2D eigenvalue weighted by Crippen LogP contribution is -2.40. The molecule has 0 radical (unpaired) electrons. The summed E-state index contributed by atoms with van der Waals surface area (Å²) in [7, 11) is 1.97. The second-order valence-electron chi connectivity index (χ2n) is 4.44. The van der Waals surface area contributed by atoms with Gasteiger partial charge < -0.3 is 15.7 Å². The van der Waals surface area contributed by atoms with Gasteiger partial charge in [-0.1, -0.05) is 12.8 Å². The first-order valence-corrected chi connectivity index (χ1v) is 5.26. The molecule has 4 N–H and O–H groups in total. The minimum Gasteiger partial charge on any atom is -0.389 e. The zero-order chi connectivity index (χ0) is 10.6. The van der Waals surface area contributed by atoms with Crippen LogP contribution in [0.5, 0.6) is 0 Å². The summed E-state index contributed by atoms with van der Waals surface area (Å²) in [5.74, 6) is 0.218. The Hall–Kier alpha value is -0.610. The third kappa shape index (κ3) is 3.64. The Labute approximate surface area is 85.6 Å². The molecule has 0 aromatic heterocycles. The number of nitrogens with one attached hydrogen (secondary N) is 1. The summed E-state index contributed by atoms with van der Waals surface area (Å²) in [5.41, 5.74) is 4.80. The molecule has 0 aliphatic heterocycles. The number of nitrogens with zero attached hydrogens (tertiary/aromatic N) is 1. The third-order valence-electron chi connectivity index (χ3n) is 2.86. The number of nitrogens with two attached hydrogens (primary N) is 1. The monoisotopic (exact) mass is 199 g/mol. The van der Waals surface area contributed by atoms with E-state index in [2.05, 4.69) is 4.90 Å². The Kier molecular flexibility index (Phi) is 3.89. The van der Waals surface area contributed by atoms with Crippen molar-refractivity contribution in [3.63, 3.8) is 0 Å². The van der Waals surface area contributed by atoms with E-state index in [1.165, 1.54) is 0 Å². The van der Waals surface area contributed by atoms with Crippen molar-refractivity contribution < 1.29 is 5.11 Å². The minimum absolute atomic E-state index is 0.218. The molecule has 1 fully saturated rings. The summed E-state index contributed by atoms with van der Waals surface area (Å²) in [6.45, 7) is 1.47. The first-order chi connectivity index (χ1) is 6.52. The van der Waals surface area contributed by atoms with Gasteiger partial charge in [0.2, 0.25) is 0 Å². The molecule has 1 saturated carbocycles. The molecule has 82 valence electrons. The Morgan fingerprint density at radius 3 is 2.57 bits per heavy atom. The number of aliphatic hydroxyl groups is 1. The molecule has 0 spiro atoms. The summed E-state index contributed by atoms with van der Waals surface area (Å²) < 4.78 is 0. The zero-order valence-corrected chi connectivity index (χ0v) is 8.92. The van der Waals surface area contributed by atoms with Gasteiger partial charge in [-0.3, -0.25) is 5.41 Å². The predicted octanol–water partition coefficient (Wildman–Crippen LogP) is 0.549. The number of amidine groups is 1. The van der Waals surface area contributed by atoms with Crippen LogP contribution in [-0.2, 0) is 0 Å². The largest absolute Gasteiger partial charge is 0.389 e. The fourth-order valence-electron chi connectivity index (χ4n) is 2.08. The molecule has 0 aromatic rings. The van der Waals surface area contributed by atoms with E-state index in [0.717, 1.165) is 32.2 Å². The maximum Gasteiger partial charge on any atom is 0.0918 e. The van der Waals surface area contributed by atoms with Crippen LogP contribution in [0.4, 0.5) is 0 Å². The topological polar surface area (TPSA) is 73.3 Å². The van der Waals surface area contributed by atoms with Crippen molar-refractivity contribution in [2.24, 2.45) is 5.73 Å². The second kappa shape index (κ2) is 4.75. The highest BCUT2D eigenvalue weighted by molar-refractivity contribution is 5.76. The van der Waals surface area contributed by atoms with Crippen LogP contribution < -0.4 is 5.73 Å². The summed E-state index contributed by atoms with van der Waals surface area (Å²) in [6, 6.07) is 0. The molecule has 0 bridgehead atoms. The van der Waals surface area contributed by atoms with E-state index < -0.39 is 5.60 Å². The van der Waals surface area contributed by atoms with Crippen molar-refractivity contribution in [1.29, 1.82) is 5.41 Å². The number of hydrogen-bond acceptors (Lipinski definition) is 3. The van der Waals surface area contributed by atoms with Gasteiger partial charge in [0.25, 0.3) is 0 Å². The molecule has 1 aliphatic carbocycles. The normalized spacial score (nSPS) is 20.2. The predicted molar refractivity (Wildman–Crippen MR) is 57.4 cm³/mol. The third-order valence-corrected chi connectivity index (χ3v) is 2.86. The van der Waals surface area contributed by atoms with Crippen LogP contribution in [0.3, 0.4) is 0 Å². The average molecular weight is 199 g/mol. The van der Waals surface area contributed by atoms with Gasteiger partial charge in [-0.25, -0.2) is 0 Å². The number of rotatable bonds is 5. The standard InChI is InChI=1S/C10H21N3O/c1-13(7-4-9(11)12)8-10(14)5-2-3-6-10/h14H,2-8H2,1H3,(H3,11,12). The fourth-order valence-corrected chi connectivity index (χ4v) is 2.08. The lowest BCUT2D eigenvalue weighted by atomic mass is 10.0. The van der Waals surface area contributed by atoms with E-state index in [1.54, 1.807) is 0 Å². The Morgan fingerprint density at radius 2 is 2.07 bits per heavy atom. The molecular weight excluding hydrogens is 178 g/mol. The molecule has 0 heterocycles. The van der Waals surface area contributed by atoms with Crippen molar-refractivity contribution >= 4 is 5.84 Å². The summed E-state index contributed by atoms with van der Waals surface area (Å²) in [5, 5.41) is 17.2. The smallest absolute Gasteiger partial charge is 0.0918 e. The Balaban J connectivity index is 2.25. The molecule has 4 heteroatoms. The highest BCUT2D eigenvalue weighted by Crippen LogP contribution is 2.29. The fraction of sp³-hybridized carbons (Fsp3) is 0.900. The van der Waals surface area contributed by atoms with E-state index in [4.69, 9.17) is 11.1 Å². The van der Waals surface area contributed by atoms with E-state index in [-0.39, 0.29) is 5.84 Å². The van der Waals surface area contributed by atoms with Gasteiger partial charge in [0.1, 0.15) is 0 Å². The van der Waals surface area contributed by atoms with Crippen LogP contribution in [0.2, 0.25) is 0 Å². The number of likely N-dealkylation sites (N-methyl/N-ethyl adjacent to an activating group) is 1. The molecule has 0 unspecified atom stereocenters. The molecule has 14 heavy (non-hydrogen) atoms. The van der Waals surface area contributed by atoms with Crippen molar-refractivity contribution in [3.05, 3.63) is 0 Å². The zero-order valence-electron chi connectivity index (χ0n) is 8.92. The Morgan fingerprint density at radius 1 is 1.50 bits per heavy atom. The average Bonchev–Trinajstić information content (AvgIpc) is 2.48. The van der Waals surface area contributed by atoms with E-state index in [1.807, 2.05) is 7.05 Å². The van der Waals surface area contributed by atoms with Crippen molar-refractivity contribution in [2.45, 2.75) is 37.7 Å². The van der Waals surface area contributed by atoms with E-state index >= 15 is 0 Å². The first kappa shape index (κ1) is 11.5. The maximum atomic E-state index is 10.1. The van der Waals surface area contributed by atoms with Crippen LogP contribution in [-0.4, -0.2) is 41.6 Å². The van der Waals surface area contributed by atoms with Gasteiger partial charge in [-0.2, -0.15) is 0 Å². The maximum absolute atomic E-state index is 10.1. The van der Waals surface area contributed by atoms with Crippen LogP contribution in [0.1, 0.15) is 32.1 Å². The van der Waals surface area contributed by atoms with Gasteiger partial charge in [-0.15, -0.1) is 0 Å². The molecule has 4 nitrogen and oxygen atoms in total. The SMILES string of the molecule is CN(CCC(=N)N)CC1(O)CCCC1. The minimum atomic E-state index is -0.481. The number of hydrogen-bond donors (Lipinski definition) is 3. The summed E-state index contributed by atoms with van der Waals surface area (Å²) >= 11 is 0. The van der Waals surface area contributed by atoms with Gasteiger partial charge in [-0.05, 0) is 19.9 Å². The Bertz CT molecular complexity index is 200. The van der Waals surface area contributed by atoms with Crippen LogP contribution >= 0.6 is 0 Å². The van der Waals surface area contributed by atoms with Crippen LogP contribution in [0, 0.1) is 5.41 Å². The second-order valence-corrected chi connectivity index (χ2v) is 4.44. The molecule has 0 atom stereocenters. The molecule has 0 amide bonds. The first-order valence-electron chi connectivity index (χ1n) is 5.26. The molecule has 0 saturated heterocycles. The van der Waals surface area contributed by atoms with E-state index in [9.17, 15) is 5.11 Å². The summed E-state index contributed by atoms with van der Waals surface area (Å²) in [4.78, 5) is 2.06. The quantitative estimate of drug-likeness (QED) is 0.447. The van der Waals surface area contributed by atoms with Crippen molar-refractivity contribution in [2.75, 3.05) is 20.1 Å². The highest BCUT2D eigenvalue weighted by atomic mass is 16.3. The van der Waals surface area contributed by atoms with Gasteiger partial charge >= 0.3 is 0 Å². The van der Waals surface area contributed by atoms with Crippen molar-refractivity contribution in [3.8, 4) is 0 Å². The molecule has 1 rings (SSSR count). The van der Waals surface area contributed by atoms with Gasteiger partial charge in [0.15, 0.2) is 0 Å². The lowest BCUT2D eigenvalue weighted by molar-refractivity contribution is 0.0170. The van der Waals surface area contributed by atoms with Crippen molar-refractivity contribution in [1.82, 2.24) is 4.90 Å². The molecule has 0 aromatic carbocycles. The lowest BCUT2D eigenvalue weighted by Gasteiger charge is -2.28. The van der Waals surface area contributed by atoms with Gasteiger partial charge in [0.05, 0.1) is 11.4 Å². The van der Waals surface area contributed by atoms with Crippen LogP contribution in [0.15, 0.2) is 0 Å². The van der Waals surface area contributed by atoms with Crippen LogP contribution in [0.25, 0.3) is 0 Å². The highest BCUT2D eigenvalue weighted by Gasteiger charge is 2.31. The molecular formula is C10H21N3O. The van der Waals surface area contributed by atoms with Gasteiger partial charge in [0, 0.05) is 19.5 Å². The molecule has 1 aliphatic rings. The summed E-state index contributed by atoms with van der Waals surface area (Å²) in [6.07, 6.45) is 4.69. The van der Waals surface area contributed by atoms with E-state index in [0.29, 0.717) is 13.0 Å².